The molecule has 3 aromatic rings. The van der Waals surface area contributed by atoms with Crippen molar-refractivity contribution in [2.45, 2.75) is 0 Å². The van der Waals surface area contributed by atoms with Crippen LogP contribution < -0.4 is 0 Å². The zero-order chi connectivity index (χ0) is 11.0. The van der Waals surface area contributed by atoms with Crippen LogP contribution in [0.25, 0.3) is 22.4 Å². The number of hydrogen-bond donors (Lipinski definition) is 0. The molecule has 0 atom stereocenters. The fraction of sp³-hybridized carbons (Fsp3) is 0. The molecule has 0 aliphatic heterocycles. The summed E-state index contributed by atoms with van der Waals surface area (Å²) in [7, 11) is 2.05. The molecule has 0 aliphatic rings. The molecule has 0 aliphatic carbocycles. The summed E-state index contributed by atoms with van der Waals surface area (Å²) in [5.74, 6) is 1.02. The molecule has 16 heavy (non-hydrogen) atoms. The predicted octanol–water partition coefficient (Wildman–Crippen LogP) is 2.10. The Morgan fingerprint density at radius 2 is 1.56 bits per heavy atom. The normalized spacial score (nSPS) is 10.8. The van der Waals surface area contributed by atoms with Gasteiger partial charge in [-0.2, -0.15) is 0 Å². The summed E-state index contributed by atoms with van der Waals surface area (Å²) >= 11 is 0. The van der Waals surface area contributed by atoms with E-state index in [4.69, 9.17) is 0 Å². The van der Waals surface area contributed by atoms with Gasteiger partial charge in [0.05, 0.1) is 11.0 Å². The van der Waals surface area contributed by atoms with Crippen molar-refractivity contribution in [3.05, 3.63) is 54.6 Å². The lowest BCUT2D eigenvalue weighted by Crippen LogP contribution is -1.94. The van der Waals surface area contributed by atoms with Crippen molar-refractivity contribution < 1.29 is 0 Å². The maximum atomic E-state index is 4.65. The van der Waals surface area contributed by atoms with Gasteiger partial charge in [0.2, 0.25) is 7.98 Å². The lowest BCUT2D eigenvalue weighted by Gasteiger charge is -2.01. The van der Waals surface area contributed by atoms with E-state index >= 15 is 0 Å². The van der Waals surface area contributed by atoms with Crippen molar-refractivity contribution in [3.8, 4) is 11.4 Å². The molecule has 0 saturated carbocycles. The summed E-state index contributed by atoms with van der Waals surface area (Å²) in [6.07, 6.45) is 0. The van der Waals surface area contributed by atoms with Crippen molar-refractivity contribution in [3.63, 3.8) is 0 Å². The maximum Gasteiger partial charge on any atom is 0.225 e. The standard InChI is InChI=1S/C13H11BN2/c14-16-12-9-5-4-8-11(12)15-13(16)10-6-2-1-3-7-10/h1-9H,14H2. The first kappa shape index (κ1) is 9.22. The zero-order valence-electron chi connectivity index (χ0n) is 9.09. The van der Waals surface area contributed by atoms with Crippen LogP contribution in [0.1, 0.15) is 0 Å². The quantitative estimate of drug-likeness (QED) is 0.557. The van der Waals surface area contributed by atoms with Crippen LogP contribution in [0.2, 0.25) is 0 Å². The Labute approximate surface area is 95.0 Å². The van der Waals surface area contributed by atoms with Crippen molar-refractivity contribution in [2.75, 3.05) is 0 Å². The number of fused-ring (bicyclic) bond motifs is 1. The van der Waals surface area contributed by atoms with Crippen LogP contribution in [0, 0.1) is 0 Å². The molecule has 0 N–H and O–H groups in total. The van der Waals surface area contributed by atoms with Gasteiger partial charge < -0.3 is 4.48 Å². The molecule has 1 aromatic heterocycles. The average Bonchev–Trinajstić information content (AvgIpc) is 2.69. The van der Waals surface area contributed by atoms with Crippen LogP contribution in [0.5, 0.6) is 0 Å². The third-order valence-electron chi connectivity index (χ3n) is 2.82. The molecule has 0 bridgehead atoms. The van der Waals surface area contributed by atoms with Gasteiger partial charge in [-0.25, -0.2) is 4.98 Å². The molecule has 0 fully saturated rings. The molecule has 0 unspecified atom stereocenters. The summed E-state index contributed by atoms with van der Waals surface area (Å²) in [6.45, 7) is 0. The number of nitrogens with zero attached hydrogens (tertiary/aromatic N) is 2. The fourth-order valence-corrected chi connectivity index (χ4v) is 1.99. The largest absolute Gasteiger partial charge is 0.377 e. The lowest BCUT2D eigenvalue weighted by molar-refractivity contribution is 1.25. The van der Waals surface area contributed by atoms with E-state index in [1.807, 2.05) is 36.4 Å². The van der Waals surface area contributed by atoms with Crippen LogP contribution >= 0.6 is 0 Å². The maximum absolute atomic E-state index is 4.65. The Morgan fingerprint density at radius 3 is 2.31 bits per heavy atom. The van der Waals surface area contributed by atoms with E-state index in [9.17, 15) is 0 Å². The Morgan fingerprint density at radius 1 is 0.875 bits per heavy atom. The minimum atomic E-state index is 1.02. The van der Waals surface area contributed by atoms with Crippen molar-refractivity contribution in [1.82, 2.24) is 9.46 Å². The molecular formula is C13H11BN2. The lowest BCUT2D eigenvalue weighted by atomic mass is 10.2. The zero-order valence-corrected chi connectivity index (χ0v) is 9.09. The molecular weight excluding hydrogens is 195 g/mol. The van der Waals surface area contributed by atoms with Gasteiger partial charge in [-0.15, -0.1) is 0 Å². The summed E-state index contributed by atoms with van der Waals surface area (Å²) in [4.78, 5) is 4.65. The first-order chi connectivity index (χ1) is 7.86. The molecule has 1 heterocycles. The fourth-order valence-electron chi connectivity index (χ4n) is 1.99. The minimum Gasteiger partial charge on any atom is -0.377 e. The molecule has 0 saturated heterocycles. The predicted molar refractivity (Wildman–Crippen MR) is 69.1 cm³/mol. The molecule has 2 aromatic carbocycles. The van der Waals surface area contributed by atoms with E-state index in [-0.39, 0.29) is 0 Å². The van der Waals surface area contributed by atoms with Crippen molar-refractivity contribution >= 4 is 19.0 Å². The number of imidazole rings is 1. The Bertz CT molecular complexity index is 629. The number of rotatable bonds is 1. The molecule has 0 amide bonds. The minimum absolute atomic E-state index is 1.02. The summed E-state index contributed by atoms with van der Waals surface area (Å²) < 4.78 is 2.13. The van der Waals surface area contributed by atoms with Crippen molar-refractivity contribution in [1.29, 1.82) is 0 Å². The molecule has 0 radical (unpaired) electrons. The molecule has 0 spiro atoms. The second-order valence-electron chi connectivity index (χ2n) is 3.85. The average molecular weight is 206 g/mol. The van der Waals surface area contributed by atoms with E-state index in [1.54, 1.807) is 0 Å². The molecule has 3 heteroatoms. The van der Waals surface area contributed by atoms with Crippen LogP contribution in [0.4, 0.5) is 0 Å². The van der Waals surface area contributed by atoms with Gasteiger partial charge in [0.1, 0.15) is 5.82 Å². The first-order valence-electron chi connectivity index (χ1n) is 5.33. The van der Waals surface area contributed by atoms with E-state index in [0.717, 1.165) is 16.9 Å². The highest BCUT2D eigenvalue weighted by atomic mass is 15.0. The summed E-state index contributed by atoms with van der Waals surface area (Å²) in [5, 5.41) is 0. The van der Waals surface area contributed by atoms with E-state index in [0.29, 0.717) is 0 Å². The van der Waals surface area contributed by atoms with Gasteiger partial charge in [0, 0.05) is 5.56 Å². The highest BCUT2D eigenvalue weighted by Gasteiger charge is 2.07. The number of para-hydroxylation sites is 2. The van der Waals surface area contributed by atoms with Crippen LogP contribution in [-0.2, 0) is 0 Å². The van der Waals surface area contributed by atoms with E-state index in [1.165, 1.54) is 5.52 Å². The van der Waals surface area contributed by atoms with E-state index in [2.05, 4.69) is 35.6 Å². The van der Waals surface area contributed by atoms with Crippen LogP contribution in [0.3, 0.4) is 0 Å². The number of benzene rings is 2. The molecule has 3 rings (SSSR count). The number of aromatic nitrogens is 2. The highest BCUT2D eigenvalue weighted by molar-refractivity contribution is 6.13. The Kier molecular flexibility index (Phi) is 2.03. The van der Waals surface area contributed by atoms with Gasteiger partial charge >= 0.3 is 0 Å². The SMILES string of the molecule is Bn1c(-c2ccccc2)nc2ccccc21. The second kappa shape index (κ2) is 3.52. The Balaban J connectivity index is 2.29. The van der Waals surface area contributed by atoms with Gasteiger partial charge in [-0.3, -0.25) is 0 Å². The second-order valence-corrected chi connectivity index (χ2v) is 3.85. The highest BCUT2D eigenvalue weighted by Crippen LogP contribution is 2.22. The van der Waals surface area contributed by atoms with Gasteiger partial charge in [-0.05, 0) is 12.1 Å². The third-order valence-corrected chi connectivity index (χ3v) is 2.82. The molecule has 76 valence electrons. The topological polar surface area (TPSA) is 17.8 Å². The smallest absolute Gasteiger partial charge is 0.225 e. The van der Waals surface area contributed by atoms with Gasteiger partial charge in [-0.1, -0.05) is 42.5 Å². The van der Waals surface area contributed by atoms with Crippen LogP contribution in [-0.4, -0.2) is 17.4 Å². The van der Waals surface area contributed by atoms with Gasteiger partial charge in [0.15, 0.2) is 0 Å². The third kappa shape index (κ3) is 1.33. The number of hydrogen-bond acceptors (Lipinski definition) is 1. The van der Waals surface area contributed by atoms with E-state index < -0.39 is 0 Å². The van der Waals surface area contributed by atoms with Gasteiger partial charge in [0.25, 0.3) is 0 Å². The Hall–Kier alpha value is -2.03. The molecule has 2 nitrogen and oxygen atoms in total. The summed E-state index contributed by atoms with van der Waals surface area (Å²) in [5.41, 5.74) is 3.37. The van der Waals surface area contributed by atoms with Crippen LogP contribution in [0.15, 0.2) is 54.6 Å². The first-order valence-corrected chi connectivity index (χ1v) is 5.33. The monoisotopic (exact) mass is 206 g/mol. The summed E-state index contributed by atoms with van der Waals surface area (Å²) in [6, 6.07) is 18.5. The van der Waals surface area contributed by atoms with Crippen molar-refractivity contribution in [2.24, 2.45) is 0 Å².